The summed E-state index contributed by atoms with van der Waals surface area (Å²) in [5, 5.41) is 23.4. The second kappa shape index (κ2) is 11.3. The molecule has 0 aliphatic heterocycles. The van der Waals surface area contributed by atoms with Crippen LogP contribution < -0.4 is 11.1 Å². The number of nitrogens with two attached hydrogens (primary N) is 1. The fraction of sp³-hybridized carbons (Fsp3) is 0.381. The van der Waals surface area contributed by atoms with Crippen molar-refractivity contribution in [3.8, 4) is 0 Å². The maximum absolute atomic E-state index is 11.5. The van der Waals surface area contributed by atoms with E-state index in [4.69, 9.17) is 28.9 Å². The van der Waals surface area contributed by atoms with Gasteiger partial charge >= 0.3 is 5.97 Å². The molecule has 0 heterocycles. The largest absolute Gasteiger partial charge is 0.481 e. The molecule has 0 fully saturated rings. The first-order valence-corrected chi connectivity index (χ1v) is 10.0. The molecule has 0 radical (unpaired) electrons. The van der Waals surface area contributed by atoms with Crippen molar-refractivity contribution in [2.75, 3.05) is 18.8 Å². The quantitative estimate of drug-likeness (QED) is 0.318. The van der Waals surface area contributed by atoms with Crippen LogP contribution in [0.4, 0.5) is 5.69 Å². The van der Waals surface area contributed by atoms with Crippen LogP contribution in [0, 0.1) is 5.92 Å². The third-order valence-electron chi connectivity index (χ3n) is 4.70. The first kappa shape index (κ1) is 22.5. The summed E-state index contributed by atoms with van der Waals surface area (Å²) in [5.74, 6) is -1.14. The smallest absolute Gasteiger partial charge is 0.306 e. The van der Waals surface area contributed by atoms with E-state index >= 15 is 0 Å². The van der Waals surface area contributed by atoms with Crippen LogP contribution in [0.3, 0.4) is 0 Å². The van der Waals surface area contributed by atoms with E-state index in [2.05, 4.69) is 5.32 Å². The van der Waals surface area contributed by atoms with Crippen molar-refractivity contribution in [3.05, 3.63) is 63.6 Å². The minimum atomic E-state index is -0.774. The molecule has 0 spiro atoms. The summed E-state index contributed by atoms with van der Waals surface area (Å²) in [6.07, 6.45) is 1.89. The number of aliphatic hydroxyl groups is 1. The number of halogens is 2. The summed E-state index contributed by atoms with van der Waals surface area (Å²) in [5.41, 5.74) is 7.72. The predicted molar refractivity (Wildman–Crippen MR) is 114 cm³/mol. The van der Waals surface area contributed by atoms with Crippen LogP contribution in [0.1, 0.15) is 36.5 Å². The molecule has 2 unspecified atom stereocenters. The zero-order valence-electron chi connectivity index (χ0n) is 15.6. The second-order valence-corrected chi connectivity index (χ2v) is 7.63. The Kier molecular flexibility index (Phi) is 9.06. The number of nitrogen functional groups attached to an aromatic ring is 1. The average Bonchev–Trinajstić information content (AvgIpc) is 2.68. The maximum Gasteiger partial charge on any atom is 0.306 e. The van der Waals surface area contributed by atoms with Crippen molar-refractivity contribution < 1.29 is 15.0 Å². The summed E-state index contributed by atoms with van der Waals surface area (Å²) in [6, 6.07) is 13.1. The van der Waals surface area contributed by atoms with E-state index in [1.165, 1.54) is 0 Å². The highest BCUT2D eigenvalue weighted by molar-refractivity contribution is 6.38. The number of anilines is 1. The number of aryl methyl sites for hydroxylation is 1. The van der Waals surface area contributed by atoms with Crippen molar-refractivity contribution in [1.29, 1.82) is 0 Å². The number of hydrogen-bond acceptors (Lipinski definition) is 4. The van der Waals surface area contributed by atoms with Gasteiger partial charge in [-0.2, -0.15) is 0 Å². The number of benzene rings is 2. The highest BCUT2D eigenvalue weighted by atomic mass is 35.5. The number of carboxylic acids is 1. The number of aliphatic hydroxyl groups excluding tert-OH is 1. The molecule has 0 saturated heterocycles. The van der Waals surface area contributed by atoms with Crippen LogP contribution in [-0.2, 0) is 11.2 Å². The SMILES string of the molecule is Nc1c(Cl)cc(C(O)CNCCCC(CCc2ccccc2)C(=O)O)cc1Cl. The molecule has 5 N–H and O–H groups in total. The minimum Gasteiger partial charge on any atom is -0.481 e. The standard InChI is InChI=1S/C21H26Cl2N2O3/c22-17-11-16(12-18(23)20(17)24)19(26)13-25-10-4-7-15(21(27)28)9-8-14-5-2-1-3-6-14/h1-3,5-6,11-12,15,19,25-26H,4,7-10,13,24H2,(H,27,28). The Morgan fingerprint density at radius 2 is 1.75 bits per heavy atom. The number of carboxylic acid groups (broad SMARTS) is 1. The second-order valence-electron chi connectivity index (χ2n) is 6.82. The highest BCUT2D eigenvalue weighted by Gasteiger charge is 2.17. The fourth-order valence-corrected chi connectivity index (χ4v) is 3.51. The van der Waals surface area contributed by atoms with Gasteiger partial charge in [0.1, 0.15) is 0 Å². The summed E-state index contributed by atoms with van der Waals surface area (Å²) >= 11 is 12.0. The molecule has 152 valence electrons. The molecule has 5 nitrogen and oxygen atoms in total. The zero-order chi connectivity index (χ0) is 20.5. The van der Waals surface area contributed by atoms with Gasteiger partial charge in [0.2, 0.25) is 0 Å². The van der Waals surface area contributed by atoms with Crippen molar-refractivity contribution >= 4 is 34.9 Å². The minimum absolute atomic E-state index is 0.294. The number of carbonyl (C=O) groups is 1. The van der Waals surface area contributed by atoms with Crippen LogP contribution in [0.5, 0.6) is 0 Å². The van der Waals surface area contributed by atoms with Crippen LogP contribution in [0.15, 0.2) is 42.5 Å². The molecule has 28 heavy (non-hydrogen) atoms. The molecule has 2 atom stereocenters. The van der Waals surface area contributed by atoms with Gasteiger partial charge in [-0.15, -0.1) is 0 Å². The van der Waals surface area contributed by atoms with Crippen molar-refractivity contribution in [2.24, 2.45) is 5.92 Å². The third-order valence-corrected chi connectivity index (χ3v) is 5.33. The lowest BCUT2D eigenvalue weighted by molar-refractivity contribution is -0.142. The summed E-state index contributed by atoms with van der Waals surface area (Å²) in [6.45, 7) is 0.931. The fourth-order valence-electron chi connectivity index (χ4n) is 3.00. The Morgan fingerprint density at radius 3 is 2.36 bits per heavy atom. The summed E-state index contributed by atoms with van der Waals surface area (Å²) in [7, 11) is 0. The highest BCUT2D eigenvalue weighted by Crippen LogP contribution is 2.31. The number of hydrogen-bond donors (Lipinski definition) is 4. The van der Waals surface area contributed by atoms with Crippen LogP contribution in [0.2, 0.25) is 10.0 Å². The Hall–Kier alpha value is -1.79. The third kappa shape index (κ3) is 6.99. The maximum atomic E-state index is 11.5. The van der Waals surface area contributed by atoms with E-state index in [1.807, 2.05) is 30.3 Å². The van der Waals surface area contributed by atoms with E-state index in [-0.39, 0.29) is 5.92 Å². The van der Waals surface area contributed by atoms with Crippen LogP contribution in [0.25, 0.3) is 0 Å². The van der Waals surface area contributed by atoms with E-state index in [9.17, 15) is 15.0 Å². The van der Waals surface area contributed by atoms with Crippen molar-refractivity contribution in [2.45, 2.75) is 31.8 Å². The van der Waals surface area contributed by atoms with Gasteiger partial charge in [0.25, 0.3) is 0 Å². The molecule has 0 aliphatic carbocycles. The molecular weight excluding hydrogens is 399 g/mol. The molecule has 2 aromatic carbocycles. The molecule has 2 aromatic rings. The molecular formula is C21H26Cl2N2O3. The lowest BCUT2D eigenvalue weighted by atomic mass is 9.95. The molecule has 0 aliphatic rings. The number of aliphatic carboxylic acids is 1. The Labute approximate surface area is 175 Å². The van der Waals surface area contributed by atoms with Crippen molar-refractivity contribution in [1.82, 2.24) is 5.32 Å². The molecule has 0 aromatic heterocycles. The molecule has 0 amide bonds. The normalized spacial score (nSPS) is 13.2. The van der Waals surface area contributed by atoms with Crippen LogP contribution in [-0.4, -0.2) is 29.3 Å². The van der Waals surface area contributed by atoms with E-state index in [0.29, 0.717) is 53.6 Å². The molecule has 0 saturated carbocycles. The van der Waals surface area contributed by atoms with Gasteiger partial charge in [-0.25, -0.2) is 0 Å². The van der Waals surface area contributed by atoms with Crippen LogP contribution >= 0.6 is 23.2 Å². The van der Waals surface area contributed by atoms with E-state index in [0.717, 1.165) is 12.0 Å². The lowest BCUT2D eigenvalue weighted by Gasteiger charge is -2.15. The Balaban J connectivity index is 1.72. The summed E-state index contributed by atoms with van der Waals surface area (Å²) < 4.78 is 0. The zero-order valence-corrected chi connectivity index (χ0v) is 17.1. The Bertz CT molecular complexity index is 748. The molecule has 0 bridgehead atoms. The topological polar surface area (TPSA) is 95.6 Å². The first-order chi connectivity index (χ1) is 13.4. The summed E-state index contributed by atoms with van der Waals surface area (Å²) in [4.78, 5) is 11.5. The van der Waals surface area contributed by atoms with Gasteiger partial charge in [0.15, 0.2) is 0 Å². The average molecular weight is 425 g/mol. The predicted octanol–water partition coefficient (Wildman–Crippen LogP) is 4.31. The molecule has 2 rings (SSSR count). The lowest BCUT2D eigenvalue weighted by Crippen LogP contribution is -2.24. The van der Waals surface area contributed by atoms with Gasteiger partial charge < -0.3 is 21.3 Å². The Morgan fingerprint density at radius 1 is 1.11 bits per heavy atom. The van der Waals surface area contributed by atoms with Gasteiger partial charge in [-0.05, 0) is 55.5 Å². The monoisotopic (exact) mass is 424 g/mol. The molecule has 7 heteroatoms. The van der Waals surface area contributed by atoms with Gasteiger partial charge in [0.05, 0.1) is 27.8 Å². The number of nitrogens with one attached hydrogen (secondary N) is 1. The van der Waals surface area contributed by atoms with E-state index < -0.39 is 12.1 Å². The number of rotatable bonds is 11. The van der Waals surface area contributed by atoms with Gasteiger partial charge in [-0.3, -0.25) is 4.79 Å². The van der Waals surface area contributed by atoms with Gasteiger partial charge in [0, 0.05) is 6.54 Å². The first-order valence-electron chi connectivity index (χ1n) is 9.28. The van der Waals surface area contributed by atoms with Crippen molar-refractivity contribution in [3.63, 3.8) is 0 Å². The van der Waals surface area contributed by atoms with Gasteiger partial charge in [-0.1, -0.05) is 53.5 Å². The van der Waals surface area contributed by atoms with E-state index in [1.54, 1.807) is 12.1 Å².